The summed E-state index contributed by atoms with van der Waals surface area (Å²) in [5.74, 6) is -0.0216. The van der Waals surface area contributed by atoms with Gasteiger partial charge >= 0.3 is 0 Å². The first-order valence-electron chi connectivity index (χ1n) is 4.70. The van der Waals surface area contributed by atoms with E-state index in [9.17, 15) is 13.5 Å². The molecule has 1 aromatic carbocycles. The predicted octanol–water partition coefficient (Wildman–Crippen LogP) is 3.41. The first-order chi connectivity index (χ1) is 8.29. The van der Waals surface area contributed by atoms with Crippen LogP contribution in [0.2, 0.25) is 5.02 Å². The molecule has 1 heterocycles. The van der Waals surface area contributed by atoms with E-state index in [2.05, 4.69) is 4.98 Å². The molecule has 0 unspecified atom stereocenters. The molecule has 0 radical (unpaired) electrons. The minimum atomic E-state index is -3.83. The van der Waals surface area contributed by atoms with Gasteiger partial charge in [-0.3, -0.25) is 0 Å². The third-order valence-electron chi connectivity index (χ3n) is 2.16. The lowest BCUT2D eigenvalue weighted by Crippen LogP contribution is -1.88. The number of benzene rings is 1. The molecule has 0 atom stereocenters. The van der Waals surface area contributed by atoms with Crippen LogP contribution >= 0.6 is 33.6 Å². The first kappa shape index (κ1) is 13.6. The standard InChI is InChI=1S/C10H7Cl2NO3S2/c1-5-10(18(12,15)16)17-9(13-5)7-4-6(11)2-3-8(7)14/h2-4,14H,1H3. The van der Waals surface area contributed by atoms with E-state index in [0.29, 0.717) is 21.3 Å². The average molecular weight is 324 g/mol. The molecule has 2 aromatic rings. The average Bonchev–Trinajstić information content (AvgIpc) is 2.63. The fraction of sp³-hybridized carbons (Fsp3) is 0.100. The van der Waals surface area contributed by atoms with Crippen molar-refractivity contribution in [2.45, 2.75) is 11.1 Å². The van der Waals surface area contributed by atoms with E-state index in [1.54, 1.807) is 0 Å². The number of hydrogen-bond acceptors (Lipinski definition) is 5. The van der Waals surface area contributed by atoms with Crippen LogP contribution in [-0.4, -0.2) is 18.5 Å². The Morgan fingerprint density at radius 2 is 2.06 bits per heavy atom. The molecule has 8 heteroatoms. The zero-order valence-corrected chi connectivity index (χ0v) is 12.2. The second-order valence-corrected chi connectivity index (χ2v) is 7.69. The molecule has 0 fully saturated rings. The van der Waals surface area contributed by atoms with Crippen LogP contribution in [0.25, 0.3) is 10.6 Å². The predicted molar refractivity (Wildman–Crippen MR) is 72.0 cm³/mol. The van der Waals surface area contributed by atoms with Crippen LogP contribution in [-0.2, 0) is 9.05 Å². The van der Waals surface area contributed by atoms with Gasteiger partial charge in [0.2, 0.25) is 0 Å². The van der Waals surface area contributed by atoms with Gasteiger partial charge in [0.1, 0.15) is 10.8 Å². The van der Waals surface area contributed by atoms with Crippen LogP contribution < -0.4 is 0 Å². The first-order valence-corrected chi connectivity index (χ1v) is 8.20. The second kappa shape index (κ2) is 4.70. The Balaban J connectivity index is 2.63. The summed E-state index contributed by atoms with van der Waals surface area (Å²) in [5.41, 5.74) is 0.673. The van der Waals surface area contributed by atoms with Crippen LogP contribution in [0.15, 0.2) is 22.4 Å². The van der Waals surface area contributed by atoms with Crippen molar-refractivity contribution in [2.24, 2.45) is 0 Å². The summed E-state index contributed by atoms with van der Waals surface area (Å²) < 4.78 is 22.6. The molecule has 96 valence electrons. The highest BCUT2D eigenvalue weighted by Crippen LogP contribution is 2.37. The third kappa shape index (κ3) is 2.61. The topological polar surface area (TPSA) is 67.3 Å². The van der Waals surface area contributed by atoms with E-state index < -0.39 is 9.05 Å². The van der Waals surface area contributed by atoms with Crippen molar-refractivity contribution in [3.63, 3.8) is 0 Å². The van der Waals surface area contributed by atoms with Gasteiger partial charge in [-0.1, -0.05) is 11.6 Å². The third-order valence-corrected chi connectivity index (χ3v) is 5.77. The molecule has 0 spiro atoms. The lowest BCUT2D eigenvalue weighted by Gasteiger charge is -2.00. The minimum Gasteiger partial charge on any atom is -0.507 e. The Hall–Kier alpha value is -0.820. The fourth-order valence-corrected chi connectivity index (χ4v) is 4.05. The van der Waals surface area contributed by atoms with Gasteiger partial charge in [0.25, 0.3) is 9.05 Å². The smallest absolute Gasteiger partial charge is 0.272 e. The number of thiazole rings is 1. The molecule has 0 saturated heterocycles. The number of hydrogen-bond donors (Lipinski definition) is 1. The second-order valence-electron chi connectivity index (χ2n) is 3.49. The SMILES string of the molecule is Cc1nc(-c2cc(Cl)ccc2O)sc1S(=O)(=O)Cl. The van der Waals surface area contributed by atoms with Gasteiger partial charge in [-0.2, -0.15) is 0 Å². The molecule has 1 N–H and O–H groups in total. The van der Waals surface area contributed by atoms with Crippen LogP contribution in [0.3, 0.4) is 0 Å². The van der Waals surface area contributed by atoms with Gasteiger partial charge in [-0.15, -0.1) is 11.3 Å². The maximum absolute atomic E-state index is 11.3. The van der Waals surface area contributed by atoms with Gasteiger partial charge in [0.15, 0.2) is 4.21 Å². The summed E-state index contributed by atoms with van der Waals surface area (Å²) in [7, 11) is 1.46. The number of phenolic OH excluding ortho intramolecular Hbond substituents is 1. The molecule has 0 bridgehead atoms. The molecule has 18 heavy (non-hydrogen) atoms. The van der Waals surface area contributed by atoms with E-state index in [-0.39, 0.29) is 9.96 Å². The molecule has 2 rings (SSSR count). The van der Waals surface area contributed by atoms with Crippen molar-refractivity contribution >= 4 is 42.7 Å². The molecule has 0 aliphatic rings. The summed E-state index contributed by atoms with van der Waals surface area (Å²) in [6.45, 7) is 1.54. The van der Waals surface area contributed by atoms with Crippen molar-refractivity contribution in [2.75, 3.05) is 0 Å². The van der Waals surface area contributed by atoms with Gasteiger partial charge < -0.3 is 5.11 Å². The molecule has 0 saturated carbocycles. The zero-order valence-electron chi connectivity index (χ0n) is 9.02. The van der Waals surface area contributed by atoms with E-state index in [1.807, 2.05) is 0 Å². The molecule has 1 aromatic heterocycles. The van der Waals surface area contributed by atoms with Gasteiger partial charge in [-0.05, 0) is 25.1 Å². The lowest BCUT2D eigenvalue weighted by molar-refractivity contribution is 0.477. The van der Waals surface area contributed by atoms with Crippen molar-refractivity contribution in [3.8, 4) is 16.3 Å². The van der Waals surface area contributed by atoms with E-state index in [0.717, 1.165) is 11.3 Å². The maximum atomic E-state index is 11.3. The Labute approximate surface area is 117 Å². The number of aromatic hydroxyl groups is 1. The van der Waals surface area contributed by atoms with Gasteiger partial charge in [0, 0.05) is 15.7 Å². The highest BCUT2D eigenvalue weighted by Gasteiger charge is 2.21. The number of phenols is 1. The van der Waals surface area contributed by atoms with Crippen molar-refractivity contribution in [1.82, 2.24) is 4.98 Å². The summed E-state index contributed by atoms with van der Waals surface area (Å²) >= 11 is 6.72. The Kier molecular flexibility index (Phi) is 3.55. The van der Waals surface area contributed by atoms with Crippen LogP contribution in [0.1, 0.15) is 5.69 Å². The number of aromatic nitrogens is 1. The van der Waals surface area contributed by atoms with Crippen LogP contribution in [0.5, 0.6) is 5.75 Å². The normalized spacial score (nSPS) is 11.7. The molecule has 0 amide bonds. The molecule has 0 aliphatic heterocycles. The Bertz CT molecular complexity index is 710. The highest BCUT2D eigenvalue weighted by molar-refractivity contribution is 8.15. The van der Waals surface area contributed by atoms with Crippen molar-refractivity contribution < 1.29 is 13.5 Å². The number of halogens is 2. The Morgan fingerprint density at radius 3 is 2.61 bits per heavy atom. The lowest BCUT2D eigenvalue weighted by atomic mass is 10.2. The number of aryl methyl sites for hydroxylation is 1. The van der Waals surface area contributed by atoms with Crippen molar-refractivity contribution in [1.29, 1.82) is 0 Å². The van der Waals surface area contributed by atoms with Gasteiger partial charge in [-0.25, -0.2) is 13.4 Å². The maximum Gasteiger partial charge on any atom is 0.272 e. The monoisotopic (exact) mass is 323 g/mol. The number of rotatable bonds is 2. The summed E-state index contributed by atoms with van der Waals surface area (Å²) in [6.07, 6.45) is 0. The number of nitrogens with zero attached hydrogens (tertiary/aromatic N) is 1. The molecule has 0 aliphatic carbocycles. The Morgan fingerprint density at radius 1 is 1.39 bits per heavy atom. The molecule has 4 nitrogen and oxygen atoms in total. The van der Waals surface area contributed by atoms with E-state index >= 15 is 0 Å². The zero-order chi connectivity index (χ0) is 13.5. The summed E-state index contributed by atoms with van der Waals surface area (Å²) in [6, 6.07) is 4.46. The molecular weight excluding hydrogens is 317 g/mol. The quantitative estimate of drug-likeness (QED) is 0.860. The summed E-state index contributed by atoms with van der Waals surface area (Å²) in [5, 5.41) is 10.5. The minimum absolute atomic E-state index is 0.0216. The largest absolute Gasteiger partial charge is 0.507 e. The van der Waals surface area contributed by atoms with E-state index in [1.165, 1.54) is 25.1 Å². The van der Waals surface area contributed by atoms with Crippen LogP contribution in [0, 0.1) is 6.92 Å². The summed E-state index contributed by atoms with van der Waals surface area (Å²) in [4.78, 5) is 4.09. The van der Waals surface area contributed by atoms with Crippen LogP contribution in [0.4, 0.5) is 0 Å². The fourth-order valence-electron chi connectivity index (χ4n) is 1.40. The highest BCUT2D eigenvalue weighted by atomic mass is 35.7. The van der Waals surface area contributed by atoms with Crippen molar-refractivity contribution in [3.05, 3.63) is 28.9 Å². The van der Waals surface area contributed by atoms with Gasteiger partial charge in [0.05, 0.1) is 11.3 Å². The van der Waals surface area contributed by atoms with E-state index in [4.69, 9.17) is 22.3 Å². The molecular formula is C10H7Cl2NO3S2.